The van der Waals surface area contributed by atoms with E-state index in [4.69, 9.17) is 9.84 Å². The summed E-state index contributed by atoms with van der Waals surface area (Å²) in [6.07, 6.45) is 10.0. The van der Waals surface area contributed by atoms with Crippen molar-refractivity contribution in [1.29, 1.82) is 5.26 Å². The normalized spacial score (nSPS) is 17.2. The summed E-state index contributed by atoms with van der Waals surface area (Å²) in [6.45, 7) is 5.84. The Morgan fingerprint density at radius 2 is 1.81 bits per heavy atom. The number of hydrogen-bond donors (Lipinski definition) is 0. The van der Waals surface area contributed by atoms with E-state index >= 15 is 0 Å². The molecule has 2 aliphatic heterocycles. The maximum absolute atomic E-state index is 9.24. The first-order chi connectivity index (χ1) is 18.1. The number of hydrazone groups is 1. The maximum Gasteiger partial charge on any atom is 0.159 e. The summed E-state index contributed by atoms with van der Waals surface area (Å²) < 4.78 is 5.98. The lowest BCUT2D eigenvalue weighted by Crippen LogP contribution is -2.32. The Labute approximate surface area is 218 Å². The monoisotopic (exact) mass is 492 g/mol. The van der Waals surface area contributed by atoms with Gasteiger partial charge in [-0.2, -0.15) is 10.4 Å². The molecule has 1 aromatic heterocycles. The van der Waals surface area contributed by atoms with E-state index in [2.05, 4.69) is 58.1 Å². The van der Waals surface area contributed by atoms with Crippen LogP contribution >= 0.6 is 0 Å². The molecule has 37 heavy (non-hydrogen) atoms. The van der Waals surface area contributed by atoms with Crippen molar-refractivity contribution < 1.29 is 4.74 Å². The SMILES string of the molecule is C[C@@H](c1cccc(-c2ncc(OCC3CCN(C)CC3)cn2)c1)N1CC=CC(c2cccc(C#N)c2)=N1. The molecule has 2 aromatic carbocycles. The van der Waals surface area contributed by atoms with E-state index in [1.54, 1.807) is 18.5 Å². The molecule has 188 valence electrons. The van der Waals surface area contributed by atoms with Gasteiger partial charge in [-0.3, -0.25) is 5.01 Å². The van der Waals surface area contributed by atoms with Crippen LogP contribution in [0.2, 0.25) is 0 Å². The third kappa shape index (κ3) is 6.04. The maximum atomic E-state index is 9.24. The van der Waals surface area contributed by atoms with Gasteiger partial charge in [-0.15, -0.1) is 0 Å². The molecule has 1 fully saturated rings. The molecule has 0 saturated carbocycles. The molecule has 1 saturated heterocycles. The lowest BCUT2D eigenvalue weighted by atomic mass is 9.98. The zero-order valence-electron chi connectivity index (χ0n) is 21.4. The summed E-state index contributed by atoms with van der Waals surface area (Å²) >= 11 is 0. The van der Waals surface area contributed by atoms with E-state index in [0.29, 0.717) is 23.9 Å². The predicted octanol–water partition coefficient (Wildman–Crippen LogP) is 5.07. The first kappa shape index (κ1) is 24.7. The highest BCUT2D eigenvalue weighted by molar-refractivity contribution is 6.09. The molecule has 7 heteroatoms. The van der Waals surface area contributed by atoms with Crippen molar-refractivity contribution in [2.45, 2.75) is 25.8 Å². The smallest absolute Gasteiger partial charge is 0.159 e. The van der Waals surface area contributed by atoms with Gasteiger partial charge >= 0.3 is 0 Å². The summed E-state index contributed by atoms with van der Waals surface area (Å²) in [7, 11) is 2.17. The number of hydrogen-bond acceptors (Lipinski definition) is 7. The van der Waals surface area contributed by atoms with Crippen LogP contribution in [0.3, 0.4) is 0 Å². The molecule has 3 aromatic rings. The van der Waals surface area contributed by atoms with Crippen molar-refractivity contribution in [2.75, 3.05) is 33.3 Å². The highest BCUT2D eigenvalue weighted by Crippen LogP contribution is 2.27. The number of nitriles is 1. The molecule has 1 atom stereocenters. The van der Waals surface area contributed by atoms with Crippen molar-refractivity contribution in [3.63, 3.8) is 0 Å². The lowest BCUT2D eigenvalue weighted by molar-refractivity contribution is 0.159. The number of likely N-dealkylation sites (tertiary alicyclic amines) is 1. The van der Waals surface area contributed by atoms with Crippen LogP contribution in [0.4, 0.5) is 0 Å². The fraction of sp³-hybridized carbons (Fsp3) is 0.333. The molecule has 0 unspecified atom stereocenters. The van der Waals surface area contributed by atoms with Gasteiger partial charge in [0.05, 0.1) is 48.9 Å². The van der Waals surface area contributed by atoms with E-state index in [1.807, 2.05) is 36.4 Å². The predicted molar refractivity (Wildman–Crippen MR) is 145 cm³/mol. The Kier molecular flexibility index (Phi) is 7.57. The summed E-state index contributed by atoms with van der Waals surface area (Å²) in [5, 5.41) is 16.2. The number of ether oxygens (including phenoxy) is 1. The van der Waals surface area contributed by atoms with Crippen LogP contribution in [0.5, 0.6) is 5.75 Å². The molecule has 2 aliphatic rings. The molecule has 7 nitrogen and oxygen atoms in total. The third-order valence-corrected chi connectivity index (χ3v) is 7.12. The Balaban J connectivity index is 1.26. The Morgan fingerprint density at radius 3 is 2.59 bits per heavy atom. The second-order valence-electron chi connectivity index (χ2n) is 9.80. The summed E-state index contributed by atoms with van der Waals surface area (Å²) in [4.78, 5) is 11.5. The summed E-state index contributed by atoms with van der Waals surface area (Å²) in [5.41, 5.74) is 4.51. The Hall–Kier alpha value is -4.02. The van der Waals surface area contributed by atoms with Crippen LogP contribution in [-0.2, 0) is 0 Å². The molecule has 0 bridgehead atoms. The highest BCUT2D eigenvalue weighted by Gasteiger charge is 2.19. The van der Waals surface area contributed by atoms with Gasteiger partial charge in [0.2, 0.25) is 0 Å². The minimum Gasteiger partial charge on any atom is -0.490 e. The standard InChI is InChI=1S/C30H32N6O/c1-22(36-13-5-10-29(34-36)26-8-3-6-24(16-26)18-31)25-7-4-9-27(17-25)30-32-19-28(20-33-30)37-21-23-11-14-35(2)15-12-23/h3-10,16-17,19-20,22-23H,11-15,21H2,1-2H3/t22-/m0/s1. The van der Waals surface area contributed by atoms with Crippen LogP contribution in [0, 0.1) is 17.2 Å². The number of piperidine rings is 1. The number of nitrogens with zero attached hydrogens (tertiary/aromatic N) is 6. The average Bonchev–Trinajstić information content (AvgIpc) is 2.97. The van der Waals surface area contributed by atoms with Crippen molar-refractivity contribution in [3.05, 3.63) is 89.8 Å². The van der Waals surface area contributed by atoms with E-state index in [-0.39, 0.29) is 6.04 Å². The fourth-order valence-electron chi connectivity index (χ4n) is 4.72. The number of allylic oxidation sites excluding steroid dienone is 1. The molecule has 5 rings (SSSR count). The quantitative estimate of drug-likeness (QED) is 0.458. The van der Waals surface area contributed by atoms with Crippen molar-refractivity contribution >= 4 is 5.71 Å². The van der Waals surface area contributed by atoms with Gasteiger partial charge in [0.1, 0.15) is 0 Å². The van der Waals surface area contributed by atoms with Crippen LogP contribution in [0.25, 0.3) is 11.4 Å². The third-order valence-electron chi connectivity index (χ3n) is 7.12. The first-order valence-electron chi connectivity index (χ1n) is 12.8. The van der Waals surface area contributed by atoms with E-state index in [1.165, 1.54) is 12.8 Å². The van der Waals surface area contributed by atoms with E-state index in [0.717, 1.165) is 47.8 Å². The van der Waals surface area contributed by atoms with Gasteiger partial charge in [0.15, 0.2) is 11.6 Å². The largest absolute Gasteiger partial charge is 0.490 e. The molecule has 0 radical (unpaired) electrons. The van der Waals surface area contributed by atoms with E-state index in [9.17, 15) is 5.26 Å². The van der Waals surface area contributed by atoms with Gasteiger partial charge in [-0.05, 0) is 75.7 Å². The van der Waals surface area contributed by atoms with Crippen molar-refractivity contribution in [1.82, 2.24) is 19.9 Å². The molecular weight excluding hydrogens is 460 g/mol. The molecule has 0 N–H and O–H groups in total. The topological polar surface area (TPSA) is 77.6 Å². The molecule has 0 spiro atoms. The lowest BCUT2D eigenvalue weighted by Gasteiger charge is -2.29. The minimum atomic E-state index is 0.0520. The van der Waals surface area contributed by atoms with Gasteiger partial charge in [0, 0.05) is 11.1 Å². The number of benzene rings is 2. The highest BCUT2D eigenvalue weighted by atomic mass is 16.5. The van der Waals surface area contributed by atoms with Gasteiger partial charge < -0.3 is 9.64 Å². The van der Waals surface area contributed by atoms with Crippen LogP contribution in [-0.4, -0.2) is 58.9 Å². The molecular formula is C30H32N6O. The second-order valence-corrected chi connectivity index (χ2v) is 9.80. The van der Waals surface area contributed by atoms with Crippen LogP contribution < -0.4 is 4.74 Å². The summed E-state index contributed by atoms with van der Waals surface area (Å²) in [5.74, 6) is 1.99. The van der Waals surface area contributed by atoms with Crippen LogP contribution in [0.1, 0.15) is 42.5 Å². The zero-order chi connectivity index (χ0) is 25.6. The number of rotatable bonds is 7. The van der Waals surface area contributed by atoms with Crippen LogP contribution in [0.15, 0.2) is 78.2 Å². The van der Waals surface area contributed by atoms with Gasteiger partial charge in [-0.1, -0.05) is 36.4 Å². The van der Waals surface area contributed by atoms with E-state index < -0.39 is 0 Å². The minimum absolute atomic E-state index is 0.0520. The van der Waals surface area contributed by atoms with Crippen molar-refractivity contribution in [2.24, 2.45) is 11.0 Å². The van der Waals surface area contributed by atoms with Gasteiger partial charge in [0.25, 0.3) is 0 Å². The molecule has 0 amide bonds. The second kappa shape index (κ2) is 11.4. The molecule has 3 heterocycles. The van der Waals surface area contributed by atoms with Crippen molar-refractivity contribution in [3.8, 4) is 23.2 Å². The Bertz CT molecular complexity index is 1320. The van der Waals surface area contributed by atoms with Gasteiger partial charge in [-0.25, -0.2) is 9.97 Å². The fourth-order valence-corrected chi connectivity index (χ4v) is 4.72. The molecule has 0 aliphatic carbocycles. The summed E-state index contributed by atoms with van der Waals surface area (Å²) in [6, 6.07) is 18.1. The number of aromatic nitrogens is 2. The average molecular weight is 493 g/mol. The zero-order valence-corrected chi connectivity index (χ0v) is 21.4. The Morgan fingerprint density at radius 1 is 1.05 bits per heavy atom. The first-order valence-corrected chi connectivity index (χ1v) is 12.8.